The van der Waals surface area contributed by atoms with Gasteiger partial charge in [-0.05, 0) is 25.0 Å². The number of nitrogens with zero attached hydrogens (tertiary/aromatic N) is 3. The fraction of sp³-hybridized carbons (Fsp3) is 0.455. The monoisotopic (exact) mass is 252 g/mol. The number of halogens is 1. The van der Waals surface area contributed by atoms with Crippen molar-refractivity contribution in [3.63, 3.8) is 0 Å². The molecule has 1 aliphatic rings. The molecule has 2 aromatic rings. The Labute approximate surface area is 104 Å². The van der Waals surface area contributed by atoms with E-state index in [0.29, 0.717) is 11.0 Å². The number of pyridine rings is 1. The van der Waals surface area contributed by atoms with Gasteiger partial charge in [0.25, 0.3) is 0 Å². The molecule has 0 aliphatic carbocycles. The molecule has 5 nitrogen and oxygen atoms in total. The molecule has 0 aromatic carbocycles. The largest absolute Gasteiger partial charge is 0.376 e. The lowest BCUT2D eigenvalue weighted by Crippen LogP contribution is -2.18. The van der Waals surface area contributed by atoms with Gasteiger partial charge in [-0.3, -0.25) is 0 Å². The Morgan fingerprint density at radius 2 is 2.47 bits per heavy atom. The summed E-state index contributed by atoms with van der Waals surface area (Å²) in [4.78, 5) is 4.34. The van der Waals surface area contributed by atoms with Crippen LogP contribution in [0.25, 0.3) is 5.65 Å². The number of hydrogen-bond donors (Lipinski definition) is 1. The van der Waals surface area contributed by atoms with Crippen molar-refractivity contribution in [2.45, 2.75) is 18.9 Å². The van der Waals surface area contributed by atoms with Crippen LogP contribution in [0, 0.1) is 0 Å². The van der Waals surface area contributed by atoms with Gasteiger partial charge in [-0.1, -0.05) is 11.6 Å². The summed E-state index contributed by atoms with van der Waals surface area (Å²) < 4.78 is 7.19. The average molecular weight is 253 g/mol. The summed E-state index contributed by atoms with van der Waals surface area (Å²) in [6.45, 7) is 1.62. The second kappa shape index (κ2) is 4.50. The maximum absolute atomic E-state index is 5.88. The highest BCUT2D eigenvalue weighted by atomic mass is 35.5. The molecule has 0 radical (unpaired) electrons. The Morgan fingerprint density at radius 3 is 3.29 bits per heavy atom. The smallest absolute Gasteiger partial charge is 0.243 e. The van der Waals surface area contributed by atoms with Gasteiger partial charge in [0.1, 0.15) is 0 Å². The Kier molecular flexibility index (Phi) is 2.86. The fourth-order valence-corrected chi connectivity index (χ4v) is 2.10. The van der Waals surface area contributed by atoms with E-state index >= 15 is 0 Å². The van der Waals surface area contributed by atoms with Crippen LogP contribution in [0.4, 0.5) is 5.95 Å². The number of aromatic nitrogens is 3. The summed E-state index contributed by atoms with van der Waals surface area (Å²) in [5, 5.41) is 8.12. The summed E-state index contributed by atoms with van der Waals surface area (Å²) >= 11 is 5.88. The highest BCUT2D eigenvalue weighted by Crippen LogP contribution is 2.14. The standard InChI is InChI=1S/C11H13ClN4O/c12-8-3-4-10-14-11(15-16(10)7-8)13-6-9-2-1-5-17-9/h3-4,7,9H,1-2,5-6H2,(H,13,15). The van der Waals surface area contributed by atoms with E-state index in [1.165, 1.54) is 0 Å². The van der Waals surface area contributed by atoms with Gasteiger partial charge >= 0.3 is 0 Å². The van der Waals surface area contributed by atoms with Crippen LogP contribution in [-0.4, -0.2) is 33.9 Å². The third kappa shape index (κ3) is 2.35. The van der Waals surface area contributed by atoms with Crippen molar-refractivity contribution in [3.8, 4) is 0 Å². The van der Waals surface area contributed by atoms with Crippen LogP contribution in [0.2, 0.25) is 5.02 Å². The molecule has 1 aliphatic heterocycles. The molecule has 3 rings (SSSR count). The first kappa shape index (κ1) is 10.8. The van der Waals surface area contributed by atoms with Crippen molar-refractivity contribution in [2.24, 2.45) is 0 Å². The number of fused-ring (bicyclic) bond motifs is 1. The summed E-state index contributed by atoms with van der Waals surface area (Å²) in [5.41, 5.74) is 0.782. The molecule has 0 spiro atoms. The van der Waals surface area contributed by atoms with Crippen LogP contribution < -0.4 is 5.32 Å². The van der Waals surface area contributed by atoms with Crippen molar-refractivity contribution in [1.82, 2.24) is 14.6 Å². The molecule has 1 fully saturated rings. The van der Waals surface area contributed by atoms with Crippen LogP contribution >= 0.6 is 11.6 Å². The predicted molar refractivity (Wildman–Crippen MR) is 65.5 cm³/mol. The molecular weight excluding hydrogens is 240 g/mol. The molecule has 0 amide bonds. The highest BCUT2D eigenvalue weighted by Gasteiger charge is 2.15. The zero-order valence-electron chi connectivity index (χ0n) is 9.27. The number of anilines is 1. The first-order valence-electron chi connectivity index (χ1n) is 5.69. The van der Waals surface area contributed by atoms with E-state index in [2.05, 4.69) is 15.4 Å². The Balaban J connectivity index is 1.72. The van der Waals surface area contributed by atoms with Crippen molar-refractivity contribution in [1.29, 1.82) is 0 Å². The van der Waals surface area contributed by atoms with Crippen molar-refractivity contribution < 1.29 is 4.74 Å². The summed E-state index contributed by atoms with van der Waals surface area (Å²) in [6, 6.07) is 3.64. The van der Waals surface area contributed by atoms with Gasteiger partial charge in [-0.25, -0.2) is 4.52 Å². The third-order valence-corrected chi connectivity index (χ3v) is 3.03. The molecule has 6 heteroatoms. The normalized spacial score (nSPS) is 19.9. The van der Waals surface area contributed by atoms with Gasteiger partial charge in [-0.15, -0.1) is 5.10 Å². The molecular formula is C11H13ClN4O. The lowest BCUT2D eigenvalue weighted by Gasteiger charge is -2.08. The van der Waals surface area contributed by atoms with Gasteiger partial charge in [0.2, 0.25) is 5.95 Å². The Morgan fingerprint density at radius 1 is 1.53 bits per heavy atom. The fourth-order valence-electron chi connectivity index (χ4n) is 1.94. The number of nitrogens with one attached hydrogen (secondary N) is 1. The molecule has 3 heterocycles. The topological polar surface area (TPSA) is 51.5 Å². The Bertz CT molecular complexity index is 521. The molecule has 1 unspecified atom stereocenters. The van der Waals surface area contributed by atoms with Crippen LogP contribution in [0.5, 0.6) is 0 Å². The van der Waals surface area contributed by atoms with E-state index in [1.54, 1.807) is 16.8 Å². The van der Waals surface area contributed by atoms with Crippen LogP contribution in [0.15, 0.2) is 18.3 Å². The molecule has 17 heavy (non-hydrogen) atoms. The van der Waals surface area contributed by atoms with E-state index in [9.17, 15) is 0 Å². The van der Waals surface area contributed by atoms with Crippen LogP contribution in [0.3, 0.4) is 0 Å². The second-order valence-corrected chi connectivity index (χ2v) is 4.54. The zero-order valence-corrected chi connectivity index (χ0v) is 10.0. The summed E-state index contributed by atoms with van der Waals surface area (Å²) in [6.07, 6.45) is 4.26. The number of hydrogen-bond acceptors (Lipinski definition) is 4. The quantitative estimate of drug-likeness (QED) is 0.908. The Hall–Kier alpha value is -1.33. The van der Waals surface area contributed by atoms with Crippen molar-refractivity contribution in [2.75, 3.05) is 18.5 Å². The molecule has 0 saturated carbocycles. The van der Waals surface area contributed by atoms with Gasteiger partial charge < -0.3 is 10.1 Å². The van der Waals surface area contributed by atoms with Crippen molar-refractivity contribution in [3.05, 3.63) is 23.4 Å². The van der Waals surface area contributed by atoms with Crippen molar-refractivity contribution >= 4 is 23.2 Å². The highest BCUT2D eigenvalue weighted by molar-refractivity contribution is 6.30. The van der Waals surface area contributed by atoms with E-state index in [1.807, 2.05) is 6.07 Å². The molecule has 2 aromatic heterocycles. The lowest BCUT2D eigenvalue weighted by molar-refractivity contribution is 0.120. The molecule has 1 atom stereocenters. The van der Waals surface area contributed by atoms with Gasteiger partial charge in [-0.2, -0.15) is 4.98 Å². The minimum Gasteiger partial charge on any atom is -0.376 e. The van der Waals surface area contributed by atoms with E-state index < -0.39 is 0 Å². The zero-order chi connectivity index (χ0) is 11.7. The maximum Gasteiger partial charge on any atom is 0.243 e. The lowest BCUT2D eigenvalue weighted by atomic mass is 10.2. The minimum absolute atomic E-state index is 0.283. The van der Waals surface area contributed by atoms with Crippen LogP contribution in [-0.2, 0) is 4.74 Å². The van der Waals surface area contributed by atoms with E-state index in [-0.39, 0.29) is 6.10 Å². The number of rotatable bonds is 3. The molecule has 0 bridgehead atoms. The second-order valence-electron chi connectivity index (χ2n) is 4.10. The van der Waals surface area contributed by atoms with Gasteiger partial charge in [0.15, 0.2) is 5.65 Å². The maximum atomic E-state index is 5.88. The average Bonchev–Trinajstić information content (AvgIpc) is 2.94. The predicted octanol–water partition coefficient (Wildman–Crippen LogP) is 1.97. The van der Waals surface area contributed by atoms with Gasteiger partial charge in [0.05, 0.1) is 11.1 Å². The van der Waals surface area contributed by atoms with E-state index in [4.69, 9.17) is 16.3 Å². The van der Waals surface area contributed by atoms with Crippen LogP contribution in [0.1, 0.15) is 12.8 Å². The van der Waals surface area contributed by atoms with Gasteiger partial charge in [0, 0.05) is 19.3 Å². The van der Waals surface area contributed by atoms with E-state index in [0.717, 1.165) is 31.6 Å². The number of ether oxygens (including phenoxy) is 1. The first-order chi connectivity index (χ1) is 8.31. The first-order valence-corrected chi connectivity index (χ1v) is 6.06. The third-order valence-electron chi connectivity index (χ3n) is 2.81. The molecule has 1 N–H and O–H groups in total. The SMILES string of the molecule is Clc1ccc2nc(NCC3CCCO3)nn2c1. The molecule has 1 saturated heterocycles. The minimum atomic E-state index is 0.283. The summed E-state index contributed by atoms with van der Waals surface area (Å²) in [5.74, 6) is 0.614. The summed E-state index contributed by atoms with van der Waals surface area (Å²) in [7, 11) is 0. The molecule has 90 valence electrons.